The molecule has 1 rings (SSSR count). The molecular weight excluding hydrogens is 278 g/mol. The minimum atomic E-state index is -1.35. The summed E-state index contributed by atoms with van der Waals surface area (Å²) < 4.78 is 5.18. The molecule has 0 bridgehead atoms. The number of ether oxygens (including phenoxy) is 1. The van der Waals surface area contributed by atoms with Crippen molar-refractivity contribution in [1.82, 2.24) is 5.32 Å². The van der Waals surface area contributed by atoms with E-state index in [2.05, 4.69) is 36.4 Å². The van der Waals surface area contributed by atoms with Crippen LogP contribution in [0.4, 0.5) is 4.79 Å². The van der Waals surface area contributed by atoms with Gasteiger partial charge in [0.15, 0.2) is 0 Å². The van der Waals surface area contributed by atoms with E-state index >= 15 is 0 Å². The summed E-state index contributed by atoms with van der Waals surface area (Å²) in [5.41, 5.74) is 5.00. The van der Waals surface area contributed by atoms with Gasteiger partial charge < -0.3 is 10.1 Å². The number of amides is 1. The van der Waals surface area contributed by atoms with Crippen molar-refractivity contribution < 1.29 is 9.53 Å². The third kappa shape index (κ3) is 8.21. The molecule has 0 aliphatic carbocycles. The van der Waals surface area contributed by atoms with Crippen molar-refractivity contribution in [3.8, 4) is 11.5 Å². The first-order chi connectivity index (χ1) is 9.55. The first kappa shape index (κ1) is 17.3. The second kappa shape index (κ2) is 6.82. The number of alkyl carbamates (subject to hydrolysis) is 1. The second-order valence-electron chi connectivity index (χ2n) is 7.15. The highest BCUT2D eigenvalue weighted by Crippen LogP contribution is 2.07. The van der Waals surface area contributed by atoms with Gasteiger partial charge in [-0.05, 0) is 38.5 Å². The van der Waals surface area contributed by atoms with Crippen molar-refractivity contribution in [3.05, 3.63) is 35.4 Å². The van der Waals surface area contributed by atoms with E-state index in [9.17, 15) is 4.79 Å². The lowest BCUT2D eigenvalue weighted by atomic mass is 10.1. The van der Waals surface area contributed by atoms with Crippen molar-refractivity contribution in [3.63, 3.8) is 0 Å². The van der Waals surface area contributed by atoms with Crippen LogP contribution in [0.15, 0.2) is 24.3 Å². The number of benzene rings is 1. The Morgan fingerprint density at radius 3 is 2.24 bits per heavy atom. The standard InChI is InChI=1S/C17H25NO2Si/c1-17(2,3)18-16(19)20-13-15-9-7-14(8-10-15)11-12-21(4,5)6/h7-10H,13H2,1-6H3,(H,18,19). The lowest BCUT2D eigenvalue weighted by Crippen LogP contribution is -2.40. The van der Waals surface area contributed by atoms with Crippen LogP contribution in [-0.4, -0.2) is 19.7 Å². The van der Waals surface area contributed by atoms with Crippen LogP contribution < -0.4 is 5.32 Å². The Morgan fingerprint density at radius 2 is 1.76 bits per heavy atom. The topological polar surface area (TPSA) is 38.3 Å². The molecule has 0 spiro atoms. The molecule has 1 aromatic carbocycles. The maximum Gasteiger partial charge on any atom is 0.407 e. The average Bonchev–Trinajstić information content (AvgIpc) is 2.32. The Labute approximate surface area is 129 Å². The van der Waals surface area contributed by atoms with E-state index < -0.39 is 14.2 Å². The summed E-state index contributed by atoms with van der Waals surface area (Å²) in [6, 6.07) is 7.82. The number of carbonyl (C=O) groups is 1. The van der Waals surface area contributed by atoms with E-state index in [4.69, 9.17) is 4.74 Å². The van der Waals surface area contributed by atoms with Gasteiger partial charge in [0.05, 0.1) is 0 Å². The molecule has 1 N–H and O–H groups in total. The normalized spacial score (nSPS) is 11.3. The van der Waals surface area contributed by atoms with Gasteiger partial charge >= 0.3 is 6.09 Å². The van der Waals surface area contributed by atoms with E-state index in [1.165, 1.54) is 0 Å². The molecule has 0 aliphatic heterocycles. The molecule has 0 unspecified atom stereocenters. The van der Waals surface area contributed by atoms with Crippen LogP contribution in [0, 0.1) is 11.5 Å². The van der Waals surface area contributed by atoms with Crippen LogP contribution in [0.2, 0.25) is 19.6 Å². The van der Waals surface area contributed by atoms with Crippen LogP contribution in [0.3, 0.4) is 0 Å². The predicted octanol–water partition coefficient (Wildman–Crippen LogP) is 3.94. The van der Waals surface area contributed by atoms with Gasteiger partial charge in [-0.25, -0.2) is 4.79 Å². The molecule has 3 nitrogen and oxygen atoms in total. The monoisotopic (exact) mass is 303 g/mol. The lowest BCUT2D eigenvalue weighted by Gasteiger charge is -2.19. The smallest absolute Gasteiger partial charge is 0.407 e. The molecule has 21 heavy (non-hydrogen) atoms. The van der Waals surface area contributed by atoms with Gasteiger partial charge in [-0.3, -0.25) is 0 Å². The fourth-order valence-electron chi connectivity index (χ4n) is 1.44. The Kier molecular flexibility index (Phi) is 5.62. The summed E-state index contributed by atoms with van der Waals surface area (Å²) >= 11 is 0. The minimum Gasteiger partial charge on any atom is -0.445 e. The van der Waals surface area contributed by atoms with Gasteiger partial charge in [0.25, 0.3) is 0 Å². The molecule has 0 fully saturated rings. The fraction of sp³-hybridized carbons (Fsp3) is 0.471. The largest absolute Gasteiger partial charge is 0.445 e. The van der Waals surface area contributed by atoms with Gasteiger partial charge in [0.2, 0.25) is 0 Å². The van der Waals surface area contributed by atoms with E-state index in [1.54, 1.807) is 0 Å². The molecular formula is C17H25NO2Si. The van der Waals surface area contributed by atoms with E-state index in [-0.39, 0.29) is 12.1 Å². The molecule has 0 saturated heterocycles. The summed E-state index contributed by atoms with van der Waals surface area (Å²) in [6.07, 6.45) is -0.398. The number of rotatable bonds is 2. The van der Waals surface area contributed by atoms with Gasteiger partial charge in [-0.2, -0.15) is 0 Å². The molecule has 0 radical (unpaired) electrons. The maximum absolute atomic E-state index is 11.6. The average molecular weight is 303 g/mol. The van der Waals surface area contributed by atoms with E-state index in [1.807, 2.05) is 45.0 Å². The van der Waals surface area contributed by atoms with Gasteiger partial charge in [0, 0.05) is 11.1 Å². The Morgan fingerprint density at radius 1 is 1.19 bits per heavy atom. The number of hydrogen-bond acceptors (Lipinski definition) is 2. The second-order valence-corrected chi connectivity index (χ2v) is 11.9. The molecule has 0 heterocycles. The van der Waals surface area contributed by atoms with Crippen molar-refractivity contribution in [2.75, 3.05) is 0 Å². The maximum atomic E-state index is 11.6. The summed E-state index contributed by atoms with van der Waals surface area (Å²) in [6.45, 7) is 12.7. The number of hydrogen-bond donors (Lipinski definition) is 1. The Hall–Kier alpha value is -1.73. The molecule has 4 heteroatoms. The zero-order chi connectivity index (χ0) is 16.1. The molecule has 114 valence electrons. The highest BCUT2D eigenvalue weighted by molar-refractivity contribution is 6.83. The van der Waals surface area contributed by atoms with Crippen molar-refractivity contribution in [1.29, 1.82) is 0 Å². The fourth-order valence-corrected chi connectivity index (χ4v) is 1.95. The van der Waals surface area contributed by atoms with Gasteiger partial charge in [-0.1, -0.05) is 37.7 Å². The van der Waals surface area contributed by atoms with Gasteiger partial charge in [-0.15, -0.1) is 5.54 Å². The van der Waals surface area contributed by atoms with Crippen LogP contribution >= 0.6 is 0 Å². The lowest BCUT2D eigenvalue weighted by molar-refractivity contribution is 0.131. The molecule has 0 aromatic heterocycles. The highest BCUT2D eigenvalue weighted by atomic mass is 28.3. The molecule has 0 aliphatic rings. The Bertz CT molecular complexity index is 539. The summed E-state index contributed by atoms with van der Waals surface area (Å²) in [5.74, 6) is 3.20. The summed E-state index contributed by atoms with van der Waals surface area (Å²) in [5, 5.41) is 2.76. The molecule has 0 saturated carbocycles. The zero-order valence-corrected chi connectivity index (χ0v) is 14.8. The summed E-state index contributed by atoms with van der Waals surface area (Å²) in [4.78, 5) is 11.6. The third-order valence-corrected chi connectivity index (χ3v) is 3.26. The first-order valence-corrected chi connectivity index (χ1v) is 10.6. The third-order valence-electron chi connectivity index (χ3n) is 2.38. The zero-order valence-electron chi connectivity index (χ0n) is 13.8. The van der Waals surface area contributed by atoms with Crippen LogP contribution in [0.5, 0.6) is 0 Å². The van der Waals surface area contributed by atoms with Crippen molar-refractivity contribution in [2.24, 2.45) is 0 Å². The predicted molar refractivity (Wildman–Crippen MR) is 89.7 cm³/mol. The minimum absolute atomic E-state index is 0.268. The van der Waals surface area contributed by atoms with Crippen LogP contribution in [-0.2, 0) is 11.3 Å². The Balaban J connectivity index is 2.55. The van der Waals surface area contributed by atoms with Crippen LogP contribution in [0.1, 0.15) is 31.9 Å². The van der Waals surface area contributed by atoms with E-state index in [0.717, 1.165) is 11.1 Å². The first-order valence-electron chi connectivity index (χ1n) is 7.12. The number of carbonyl (C=O) groups excluding carboxylic acids is 1. The van der Waals surface area contributed by atoms with Crippen LogP contribution in [0.25, 0.3) is 0 Å². The van der Waals surface area contributed by atoms with Crippen molar-refractivity contribution >= 4 is 14.2 Å². The number of nitrogens with one attached hydrogen (secondary N) is 1. The quantitative estimate of drug-likeness (QED) is 0.664. The highest BCUT2D eigenvalue weighted by Gasteiger charge is 2.14. The molecule has 1 aromatic rings. The SMILES string of the molecule is CC(C)(C)NC(=O)OCc1ccc(C#C[Si](C)(C)C)cc1. The van der Waals surface area contributed by atoms with Crippen molar-refractivity contribution in [2.45, 2.75) is 52.6 Å². The van der Waals surface area contributed by atoms with E-state index in [0.29, 0.717) is 0 Å². The summed E-state index contributed by atoms with van der Waals surface area (Å²) in [7, 11) is -1.35. The van der Waals surface area contributed by atoms with Gasteiger partial charge in [0.1, 0.15) is 14.7 Å². The molecule has 0 atom stereocenters. The molecule has 1 amide bonds.